The van der Waals surface area contributed by atoms with Gasteiger partial charge in [0.05, 0.1) is 12.2 Å². The molecule has 0 unspecified atom stereocenters. The Hall–Kier alpha value is -2.73. The highest BCUT2D eigenvalue weighted by Gasteiger charge is 2.20. The van der Waals surface area contributed by atoms with E-state index in [0.29, 0.717) is 11.9 Å². The van der Waals surface area contributed by atoms with E-state index >= 15 is 0 Å². The van der Waals surface area contributed by atoms with Gasteiger partial charge in [0.15, 0.2) is 0 Å². The Morgan fingerprint density at radius 3 is 2.56 bits per heavy atom. The molecule has 1 fully saturated rings. The van der Waals surface area contributed by atoms with Gasteiger partial charge >= 0.3 is 0 Å². The largest absolute Gasteiger partial charge is 0.438 e. The lowest BCUT2D eigenvalue weighted by atomic mass is 10.0. The Kier molecular flexibility index (Phi) is 4.70. The van der Waals surface area contributed by atoms with Crippen LogP contribution in [-0.2, 0) is 6.54 Å². The number of nitrogens with zero attached hydrogens (tertiary/aromatic N) is 5. The predicted molar refractivity (Wildman–Crippen MR) is 94.3 cm³/mol. The second-order valence-corrected chi connectivity index (χ2v) is 6.28. The monoisotopic (exact) mass is 335 g/mol. The third-order valence-corrected chi connectivity index (χ3v) is 4.55. The molecule has 1 aromatic carbocycles. The quantitative estimate of drug-likeness (QED) is 0.716. The van der Waals surface area contributed by atoms with Crippen LogP contribution >= 0.6 is 0 Å². The smallest absolute Gasteiger partial charge is 0.237 e. The van der Waals surface area contributed by atoms with Crippen molar-refractivity contribution in [1.82, 2.24) is 24.6 Å². The summed E-state index contributed by atoms with van der Waals surface area (Å²) < 4.78 is 7.78. The fraction of sp³-hybridized carbons (Fsp3) is 0.316. The molecule has 0 N–H and O–H groups in total. The molecule has 0 radical (unpaired) electrons. The van der Waals surface area contributed by atoms with Crippen LogP contribution in [0, 0.1) is 0 Å². The molecule has 0 saturated carbocycles. The third kappa shape index (κ3) is 4.03. The number of ether oxygens (including phenoxy) is 1. The highest BCUT2D eigenvalue weighted by molar-refractivity contribution is 5.29. The van der Waals surface area contributed by atoms with Gasteiger partial charge in [-0.15, -0.1) is 0 Å². The fourth-order valence-electron chi connectivity index (χ4n) is 3.22. The molecule has 1 aliphatic heterocycles. The van der Waals surface area contributed by atoms with Gasteiger partial charge in [-0.2, -0.15) is 5.10 Å². The molecule has 0 amide bonds. The van der Waals surface area contributed by atoms with Crippen molar-refractivity contribution in [2.75, 3.05) is 13.1 Å². The lowest BCUT2D eigenvalue weighted by Crippen LogP contribution is -2.34. The van der Waals surface area contributed by atoms with E-state index < -0.39 is 0 Å². The summed E-state index contributed by atoms with van der Waals surface area (Å²) in [5.74, 6) is 1.29. The first kappa shape index (κ1) is 15.8. The fourth-order valence-corrected chi connectivity index (χ4v) is 3.22. The first-order valence-corrected chi connectivity index (χ1v) is 8.61. The van der Waals surface area contributed by atoms with Crippen LogP contribution in [0.15, 0.2) is 61.3 Å². The highest BCUT2D eigenvalue weighted by Crippen LogP contribution is 2.24. The van der Waals surface area contributed by atoms with Gasteiger partial charge in [-0.05, 0) is 36.6 Å². The van der Waals surface area contributed by atoms with Gasteiger partial charge in [-0.1, -0.05) is 12.1 Å². The van der Waals surface area contributed by atoms with Gasteiger partial charge in [0.25, 0.3) is 0 Å². The van der Waals surface area contributed by atoms with Crippen molar-refractivity contribution in [3.63, 3.8) is 0 Å². The molecule has 3 aromatic rings. The summed E-state index contributed by atoms with van der Waals surface area (Å²) in [6, 6.07) is 10.7. The molecular formula is C19H21N5O. The number of piperidine rings is 1. The molecule has 2 aromatic heterocycles. The SMILES string of the molecule is c1cnn(C2CCN(Cc3ccc(Oc4cnccn4)cc3)CC2)c1. The molecule has 4 rings (SSSR count). The van der Waals surface area contributed by atoms with Crippen LogP contribution in [0.2, 0.25) is 0 Å². The van der Waals surface area contributed by atoms with Crippen molar-refractivity contribution < 1.29 is 4.74 Å². The molecule has 1 saturated heterocycles. The highest BCUT2D eigenvalue weighted by atomic mass is 16.5. The summed E-state index contributed by atoms with van der Waals surface area (Å²) in [7, 11) is 0. The van der Waals surface area contributed by atoms with E-state index in [1.54, 1.807) is 18.6 Å². The molecule has 1 aliphatic rings. The van der Waals surface area contributed by atoms with Gasteiger partial charge in [0.2, 0.25) is 5.88 Å². The first-order valence-electron chi connectivity index (χ1n) is 8.61. The number of benzene rings is 1. The Morgan fingerprint density at radius 2 is 1.88 bits per heavy atom. The van der Waals surface area contributed by atoms with Gasteiger partial charge in [0, 0.05) is 44.4 Å². The van der Waals surface area contributed by atoms with Crippen LogP contribution < -0.4 is 4.74 Å². The molecule has 3 heterocycles. The molecule has 6 nitrogen and oxygen atoms in total. The Balaban J connectivity index is 1.30. The zero-order chi connectivity index (χ0) is 16.9. The van der Waals surface area contributed by atoms with E-state index in [9.17, 15) is 0 Å². The van der Waals surface area contributed by atoms with Crippen LogP contribution in [0.1, 0.15) is 24.4 Å². The van der Waals surface area contributed by atoms with E-state index in [2.05, 4.69) is 43.0 Å². The normalized spacial score (nSPS) is 16.0. The summed E-state index contributed by atoms with van der Waals surface area (Å²) in [5, 5.41) is 4.37. The summed E-state index contributed by atoms with van der Waals surface area (Å²) in [6.07, 6.45) is 11.1. The minimum atomic E-state index is 0.510. The minimum Gasteiger partial charge on any atom is -0.438 e. The molecule has 0 aliphatic carbocycles. The zero-order valence-electron chi connectivity index (χ0n) is 14.0. The second kappa shape index (κ2) is 7.44. The summed E-state index contributed by atoms with van der Waals surface area (Å²) in [4.78, 5) is 10.6. The number of rotatable bonds is 5. The Bertz CT molecular complexity index is 765. The minimum absolute atomic E-state index is 0.510. The Labute approximate surface area is 147 Å². The topological polar surface area (TPSA) is 56.1 Å². The van der Waals surface area contributed by atoms with Crippen molar-refractivity contribution in [3.05, 3.63) is 66.9 Å². The van der Waals surface area contributed by atoms with Gasteiger partial charge < -0.3 is 4.74 Å². The van der Waals surface area contributed by atoms with Gasteiger partial charge in [-0.25, -0.2) is 4.98 Å². The van der Waals surface area contributed by atoms with E-state index in [-0.39, 0.29) is 0 Å². The molecule has 0 spiro atoms. The van der Waals surface area contributed by atoms with Crippen molar-refractivity contribution >= 4 is 0 Å². The van der Waals surface area contributed by atoms with Gasteiger partial charge in [-0.3, -0.25) is 14.6 Å². The van der Waals surface area contributed by atoms with Crippen molar-refractivity contribution in [2.45, 2.75) is 25.4 Å². The number of hydrogen-bond acceptors (Lipinski definition) is 5. The lowest BCUT2D eigenvalue weighted by molar-refractivity contribution is 0.173. The molecule has 0 bridgehead atoms. The first-order chi connectivity index (χ1) is 12.4. The van der Waals surface area contributed by atoms with Crippen LogP contribution in [0.3, 0.4) is 0 Å². The van der Waals surface area contributed by atoms with Crippen molar-refractivity contribution in [2.24, 2.45) is 0 Å². The van der Waals surface area contributed by atoms with Crippen molar-refractivity contribution in [3.8, 4) is 11.6 Å². The maximum absolute atomic E-state index is 5.68. The predicted octanol–water partition coefficient (Wildman–Crippen LogP) is 3.30. The van der Waals surface area contributed by atoms with E-state index in [1.807, 2.05) is 24.4 Å². The van der Waals surface area contributed by atoms with Crippen molar-refractivity contribution in [1.29, 1.82) is 0 Å². The van der Waals surface area contributed by atoms with Crippen LogP contribution in [0.4, 0.5) is 0 Å². The van der Waals surface area contributed by atoms with E-state index in [0.717, 1.165) is 38.2 Å². The summed E-state index contributed by atoms with van der Waals surface area (Å²) >= 11 is 0. The average molecular weight is 335 g/mol. The molecular weight excluding hydrogens is 314 g/mol. The molecule has 0 atom stereocenters. The summed E-state index contributed by atoms with van der Waals surface area (Å²) in [6.45, 7) is 3.17. The number of likely N-dealkylation sites (tertiary alicyclic amines) is 1. The van der Waals surface area contributed by atoms with E-state index in [4.69, 9.17) is 4.74 Å². The van der Waals surface area contributed by atoms with Crippen LogP contribution in [0.5, 0.6) is 11.6 Å². The number of hydrogen-bond donors (Lipinski definition) is 0. The maximum atomic E-state index is 5.68. The average Bonchev–Trinajstić information content (AvgIpc) is 3.20. The van der Waals surface area contributed by atoms with Gasteiger partial charge in [0.1, 0.15) is 5.75 Å². The molecule has 128 valence electrons. The Morgan fingerprint density at radius 1 is 1.04 bits per heavy atom. The molecule has 25 heavy (non-hydrogen) atoms. The second-order valence-electron chi connectivity index (χ2n) is 6.28. The number of aromatic nitrogens is 4. The maximum Gasteiger partial charge on any atom is 0.237 e. The van der Waals surface area contributed by atoms with E-state index in [1.165, 1.54) is 5.56 Å². The summed E-state index contributed by atoms with van der Waals surface area (Å²) in [5.41, 5.74) is 1.30. The molecule has 6 heteroatoms. The third-order valence-electron chi connectivity index (χ3n) is 4.55. The van der Waals surface area contributed by atoms with Crippen LogP contribution in [-0.4, -0.2) is 37.7 Å². The lowest BCUT2D eigenvalue weighted by Gasteiger charge is -2.32. The van der Waals surface area contributed by atoms with Crippen LogP contribution in [0.25, 0.3) is 0 Å². The standard InChI is InChI=1S/C19H21N5O/c1-8-22-24(11-1)17-6-12-23(13-7-17)15-16-2-4-18(5-3-16)25-19-14-20-9-10-21-19/h1-5,8-11,14,17H,6-7,12-13,15H2. The zero-order valence-corrected chi connectivity index (χ0v) is 14.0.